The Morgan fingerprint density at radius 1 is 1.05 bits per heavy atom. The summed E-state index contributed by atoms with van der Waals surface area (Å²) in [6.45, 7) is 7.28. The van der Waals surface area contributed by atoms with Crippen LogP contribution in [0.1, 0.15) is 22.3 Å². The van der Waals surface area contributed by atoms with Gasteiger partial charge in [-0.2, -0.15) is 0 Å². The first kappa shape index (κ1) is 13.0. The van der Waals surface area contributed by atoms with E-state index in [0.29, 0.717) is 0 Å². The zero-order valence-corrected chi connectivity index (χ0v) is 12.4. The molecule has 0 aliphatic carbocycles. The SMILES string of the molecule is Cc1ccc(C)c(CC2CNc3cc(C)ccc3O2)c1. The average molecular weight is 267 g/mol. The minimum absolute atomic E-state index is 0.200. The number of hydrogen-bond donors (Lipinski definition) is 1. The summed E-state index contributed by atoms with van der Waals surface area (Å²) in [5.74, 6) is 0.970. The molecule has 1 aliphatic heterocycles. The second-order valence-electron chi connectivity index (χ2n) is 5.75. The molecule has 0 amide bonds. The zero-order valence-electron chi connectivity index (χ0n) is 12.4. The van der Waals surface area contributed by atoms with Crippen molar-refractivity contribution in [2.24, 2.45) is 0 Å². The zero-order chi connectivity index (χ0) is 14.1. The molecule has 2 aromatic carbocycles. The molecule has 0 fully saturated rings. The van der Waals surface area contributed by atoms with Crippen molar-refractivity contribution in [3.63, 3.8) is 0 Å². The molecular weight excluding hydrogens is 246 g/mol. The summed E-state index contributed by atoms with van der Waals surface area (Å²) >= 11 is 0. The monoisotopic (exact) mass is 267 g/mol. The van der Waals surface area contributed by atoms with Gasteiger partial charge in [0.2, 0.25) is 0 Å². The van der Waals surface area contributed by atoms with Gasteiger partial charge in [0.1, 0.15) is 11.9 Å². The molecule has 20 heavy (non-hydrogen) atoms. The van der Waals surface area contributed by atoms with Gasteiger partial charge in [-0.3, -0.25) is 0 Å². The van der Waals surface area contributed by atoms with Crippen LogP contribution >= 0.6 is 0 Å². The molecule has 0 bridgehead atoms. The molecule has 1 unspecified atom stereocenters. The summed E-state index contributed by atoms with van der Waals surface area (Å²) in [4.78, 5) is 0. The predicted octanol–water partition coefficient (Wildman–Crippen LogP) is 4.03. The van der Waals surface area contributed by atoms with Gasteiger partial charge in [0.05, 0.1) is 12.2 Å². The summed E-state index contributed by atoms with van der Waals surface area (Å²) in [5, 5.41) is 3.48. The normalized spacial score (nSPS) is 17.1. The van der Waals surface area contributed by atoms with Gasteiger partial charge in [-0.05, 0) is 49.6 Å². The van der Waals surface area contributed by atoms with Gasteiger partial charge < -0.3 is 10.1 Å². The van der Waals surface area contributed by atoms with Crippen molar-refractivity contribution in [3.05, 3.63) is 58.7 Å². The van der Waals surface area contributed by atoms with E-state index in [4.69, 9.17) is 4.74 Å². The van der Waals surface area contributed by atoms with E-state index in [0.717, 1.165) is 24.4 Å². The van der Waals surface area contributed by atoms with Crippen LogP contribution in [0, 0.1) is 20.8 Å². The molecular formula is C18H21NO. The van der Waals surface area contributed by atoms with Crippen LogP contribution in [-0.2, 0) is 6.42 Å². The summed E-state index contributed by atoms with van der Waals surface area (Å²) < 4.78 is 6.12. The van der Waals surface area contributed by atoms with Crippen LogP contribution in [0.2, 0.25) is 0 Å². The van der Waals surface area contributed by atoms with Crippen LogP contribution in [0.15, 0.2) is 36.4 Å². The second-order valence-corrected chi connectivity index (χ2v) is 5.75. The molecule has 3 rings (SSSR count). The molecule has 104 valence electrons. The molecule has 0 spiro atoms. The lowest BCUT2D eigenvalue weighted by molar-refractivity contribution is 0.206. The third-order valence-corrected chi connectivity index (χ3v) is 3.90. The summed E-state index contributed by atoms with van der Waals surface area (Å²) in [6, 6.07) is 12.9. The van der Waals surface area contributed by atoms with Crippen molar-refractivity contribution >= 4 is 5.69 Å². The standard InChI is InChI=1S/C18H21NO/c1-12-4-6-14(3)15(8-12)10-16-11-19-17-9-13(2)5-7-18(17)20-16/h4-9,16,19H,10-11H2,1-3H3. The number of rotatable bonds is 2. The van der Waals surface area contributed by atoms with Crippen molar-refractivity contribution in [3.8, 4) is 5.75 Å². The maximum absolute atomic E-state index is 6.12. The van der Waals surface area contributed by atoms with E-state index < -0.39 is 0 Å². The van der Waals surface area contributed by atoms with E-state index in [1.54, 1.807) is 0 Å². The van der Waals surface area contributed by atoms with Crippen LogP contribution in [0.25, 0.3) is 0 Å². The average Bonchev–Trinajstić information content (AvgIpc) is 2.43. The third-order valence-electron chi connectivity index (χ3n) is 3.90. The smallest absolute Gasteiger partial charge is 0.142 e. The molecule has 2 heteroatoms. The molecule has 0 aromatic heterocycles. The van der Waals surface area contributed by atoms with Crippen molar-refractivity contribution < 1.29 is 4.74 Å². The summed E-state index contributed by atoms with van der Waals surface area (Å²) in [7, 11) is 0. The lowest BCUT2D eigenvalue weighted by atomic mass is 9.99. The highest BCUT2D eigenvalue weighted by atomic mass is 16.5. The molecule has 1 N–H and O–H groups in total. The Bertz CT molecular complexity index is 633. The van der Waals surface area contributed by atoms with Crippen LogP contribution < -0.4 is 10.1 Å². The van der Waals surface area contributed by atoms with Crippen LogP contribution in [0.5, 0.6) is 5.75 Å². The number of aryl methyl sites for hydroxylation is 3. The highest BCUT2D eigenvalue weighted by Gasteiger charge is 2.20. The Kier molecular flexibility index (Phi) is 3.39. The topological polar surface area (TPSA) is 21.3 Å². The molecule has 2 nitrogen and oxygen atoms in total. The first-order valence-corrected chi connectivity index (χ1v) is 7.19. The Balaban J connectivity index is 1.77. The minimum atomic E-state index is 0.200. The fourth-order valence-electron chi connectivity index (χ4n) is 2.71. The van der Waals surface area contributed by atoms with Crippen molar-refractivity contribution in [1.29, 1.82) is 0 Å². The van der Waals surface area contributed by atoms with E-state index in [-0.39, 0.29) is 6.10 Å². The Labute approximate surface area is 120 Å². The Morgan fingerprint density at radius 3 is 2.65 bits per heavy atom. The van der Waals surface area contributed by atoms with E-state index in [1.807, 2.05) is 0 Å². The van der Waals surface area contributed by atoms with Gasteiger partial charge in [0.15, 0.2) is 0 Å². The molecule has 0 saturated heterocycles. The van der Waals surface area contributed by atoms with Crippen molar-refractivity contribution in [2.45, 2.75) is 33.3 Å². The van der Waals surface area contributed by atoms with Gasteiger partial charge in [-0.1, -0.05) is 29.8 Å². The fourth-order valence-corrected chi connectivity index (χ4v) is 2.71. The number of nitrogens with one attached hydrogen (secondary N) is 1. The minimum Gasteiger partial charge on any atom is -0.486 e. The first-order chi connectivity index (χ1) is 9.61. The van der Waals surface area contributed by atoms with Gasteiger partial charge in [-0.25, -0.2) is 0 Å². The van der Waals surface area contributed by atoms with Gasteiger partial charge in [0.25, 0.3) is 0 Å². The van der Waals surface area contributed by atoms with E-state index >= 15 is 0 Å². The predicted molar refractivity (Wildman–Crippen MR) is 83.7 cm³/mol. The highest BCUT2D eigenvalue weighted by Crippen LogP contribution is 2.30. The maximum atomic E-state index is 6.12. The van der Waals surface area contributed by atoms with E-state index in [1.165, 1.54) is 22.3 Å². The number of benzene rings is 2. The number of anilines is 1. The van der Waals surface area contributed by atoms with Gasteiger partial charge >= 0.3 is 0 Å². The number of fused-ring (bicyclic) bond motifs is 1. The maximum Gasteiger partial charge on any atom is 0.142 e. The summed E-state index contributed by atoms with van der Waals surface area (Å²) in [5.41, 5.74) is 6.40. The van der Waals surface area contributed by atoms with Crippen molar-refractivity contribution in [2.75, 3.05) is 11.9 Å². The molecule has 1 heterocycles. The Morgan fingerprint density at radius 2 is 1.80 bits per heavy atom. The Hall–Kier alpha value is -1.96. The lowest BCUT2D eigenvalue weighted by Gasteiger charge is -2.28. The second kappa shape index (κ2) is 5.20. The highest BCUT2D eigenvalue weighted by molar-refractivity contribution is 5.59. The van der Waals surface area contributed by atoms with Gasteiger partial charge in [0, 0.05) is 6.42 Å². The molecule has 0 radical (unpaired) electrons. The first-order valence-electron chi connectivity index (χ1n) is 7.19. The third kappa shape index (κ3) is 2.64. The number of hydrogen-bond acceptors (Lipinski definition) is 2. The molecule has 1 atom stereocenters. The summed E-state index contributed by atoms with van der Waals surface area (Å²) in [6.07, 6.45) is 1.15. The number of ether oxygens (including phenoxy) is 1. The van der Waals surface area contributed by atoms with Crippen LogP contribution in [0.4, 0.5) is 5.69 Å². The molecule has 1 aliphatic rings. The quantitative estimate of drug-likeness (QED) is 0.887. The van der Waals surface area contributed by atoms with Crippen LogP contribution in [0.3, 0.4) is 0 Å². The van der Waals surface area contributed by atoms with Crippen molar-refractivity contribution in [1.82, 2.24) is 0 Å². The van der Waals surface area contributed by atoms with E-state index in [9.17, 15) is 0 Å². The lowest BCUT2D eigenvalue weighted by Crippen LogP contribution is -2.32. The molecule has 2 aromatic rings. The molecule has 0 saturated carbocycles. The largest absolute Gasteiger partial charge is 0.486 e. The van der Waals surface area contributed by atoms with E-state index in [2.05, 4.69) is 62.5 Å². The van der Waals surface area contributed by atoms with Gasteiger partial charge in [-0.15, -0.1) is 0 Å². The fraction of sp³-hybridized carbons (Fsp3) is 0.333. The van der Waals surface area contributed by atoms with Crippen LogP contribution in [-0.4, -0.2) is 12.6 Å².